The molecule has 0 atom stereocenters. The third-order valence-corrected chi connectivity index (χ3v) is 5.46. The van der Waals surface area contributed by atoms with Gasteiger partial charge in [0.15, 0.2) is 0 Å². The molecular weight excluding hydrogens is 338 g/mol. The van der Waals surface area contributed by atoms with E-state index < -0.39 is 0 Å². The van der Waals surface area contributed by atoms with Crippen LogP contribution in [0.5, 0.6) is 0 Å². The van der Waals surface area contributed by atoms with E-state index in [1.807, 2.05) is 5.51 Å². The van der Waals surface area contributed by atoms with Crippen molar-refractivity contribution in [1.82, 2.24) is 4.98 Å². The maximum absolute atomic E-state index is 4.38. The van der Waals surface area contributed by atoms with Crippen molar-refractivity contribution in [3.05, 3.63) is 16.6 Å². The fourth-order valence-corrected chi connectivity index (χ4v) is 4.23. The van der Waals surface area contributed by atoms with Gasteiger partial charge >= 0.3 is 0 Å². The van der Waals surface area contributed by atoms with Gasteiger partial charge in [-0.1, -0.05) is 45.7 Å². The second-order valence-corrected chi connectivity index (χ2v) is 6.36. The van der Waals surface area contributed by atoms with Gasteiger partial charge in [-0.25, -0.2) is 4.98 Å². The topological polar surface area (TPSA) is 12.9 Å². The molecule has 0 aliphatic rings. The Bertz CT molecular complexity index is 268. The Kier molecular flexibility index (Phi) is 5.79. The van der Waals surface area contributed by atoms with E-state index in [-0.39, 0.29) is 0 Å². The molecule has 1 heterocycles. The van der Waals surface area contributed by atoms with Gasteiger partial charge in [-0.15, -0.1) is 11.3 Å². The summed E-state index contributed by atoms with van der Waals surface area (Å²) in [5, 5.41) is 4.21. The number of alkyl halides is 2. The van der Waals surface area contributed by atoms with Gasteiger partial charge in [0.05, 0.1) is 11.2 Å². The minimum Gasteiger partial charge on any atom is -0.250 e. The van der Waals surface area contributed by atoms with Crippen molar-refractivity contribution < 1.29 is 0 Å². The van der Waals surface area contributed by atoms with Crippen LogP contribution in [-0.2, 0) is 6.42 Å². The molecule has 0 saturated carbocycles. The van der Waals surface area contributed by atoms with Crippen LogP contribution in [0.1, 0.15) is 26.0 Å². The first-order valence-electron chi connectivity index (χ1n) is 5.11. The summed E-state index contributed by atoms with van der Waals surface area (Å²) in [7, 11) is 0. The lowest BCUT2D eigenvalue weighted by Gasteiger charge is -2.31. The van der Waals surface area contributed by atoms with Crippen LogP contribution in [0.15, 0.2) is 10.9 Å². The van der Waals surface area contributed by atoms with Gasteiger partial charge in [0.1, 0.15) is 0 Å². The maximum Gasteiger partial charge on any atom is 0.0794 e. The standard InChI is InChI=1S/C11H17Br2NS/c1-9(2)3-11(6-12,7-13)4-10-5-15-8-14-10/h5,8-9H,3-4,6-7H2,1-2H3. The zero-order valence-corrected chi connectivity index (χ0v) is 13.2. The van der Waals surface area contributed by atoms with E-state index in [9.17, 15) is 0 Å². The lowest BCUT2D eigenvalue weighted by Crippen LogP contribution is -2.29. The first-order chi connectivity index (χ1) is 7.12. The molecule has 0 bridgehead atoms. The third-order valence-electron chi connectivity index (χ3n) is 2.45. The fourth-order valence-electron chi connectivity index (χ4n) is 1.89. The Morgan fingerprint density at radius 1 is 1.40 bits per heavy atom. The molecule has 0 unspecified atom stereocenters. The van der Waals surface area contributed by atoms with Crippen molar-refractivity contribution in [2.45, 2.75) is 26.7 Å². The largest absolute Gasteiger partial charge is 0.250 e. The van der Waals surface area contributed by atoms with Crippen molar-refractivity contribution in [3.8, 4) is 0 Å². The average molecular weight is 355 g/mol. The van der Waals surface area contributed by atoms with Crippen LogP contribution in [0.3, 0.4) is 0 Å². The van der Waals surface area contributed by atoms with Crippen LogP contribution in [0.4, 0.5) is 0 Å². The Balaban J connectivity index is 2.71. The number of hydrogen-bond donors (Lipinski definition) is 0. The molecule has 0 aromatic carbocycles. The fraction of sp³-hybridized carbons (Fsp3) is 0.727. The van der Waals surface area contributed by atoms with Crippen LogP contribution in [-0.4, -0.2) is 15.6 Å². The second-order valence-electron chi connectivity index (χ2n) is 4.52. The molecule has 86 valence electrons. The minimum atomic E-state index is 0.308. The van der Waals surface area contributed by atoms with Crippen molar-refractivity contribution >= 4 is 43.2 Å². The smallest absolute Gasteiger partial charge is 0.0794 e. The monoisotopic (exact) mass is 353 g/mol. The Morgan fingerprint density at radius 3 is 2.47 bits per heavy atom. The van der Waals surface area contributed by atoms with Crippen molar-refractivity contribution in [3.63, 3.8) is 0 Å². The third kappa shape index (κ3) is 4.16. The molecule has 1 rings (SSSR count). The number of rotatable bonds is 6. The summed E-state index contributed by atoms with van der Waals surface area (Å²) in [6, 6.07) is 0. The van der Waals surface area contributed by atoms with E-state index in [2.05, 4.69) is 56.1 Å². The SMILES string of the molecule is CC(C)CC(CBr)(CBr)Cc1cscn1. The molecule has 1 nitrogen and oxygen atoms in total. The molecule has 0 radical (unpaired) electrons. The summed E-state index contributed by atoms with van der Waals surface area (Å²) in [6.07, 6.45) is 2.28. The molecule has 15 heavy (non-hydrogen) atoms. The normalized spacial score (nSPS) is 12.3. The van der Waals surface area contributed by atoms with Crippen LogP contribution >= 0.6 is 43.2 Å². The Hall–Kier alpha value is 0.590. The molecule has 0 fully saturated rings. The van der Waals surface area contributed by atoms with Crippen LogP contribution in [0.2, 0.25) is 0 Å². The lowest BCUT2D eigenvalue weighted by molar-refractivity contribution is 0.302. The molecule has 4 heteroatoms. The number of nitrogens with zero attached hydrogens (tertiary/aromatic N) is 1. The highest BCUT2D eigenvalue weighted by molar-refractivity contribution is 9.09. The molecule has 0 spiro atoms. The quantitative estimate of drug-likeness (QED) is 0.685. The zero-order valence-electron chi connectivity index (χ0n) is 9.17. The summed E-state index contributed by atoms with van der Waals surface area (Å²) in [5.74, 6) is 0.721. The van der Waals surface area contributed by atoms with Crippen molar-refractivity contribution in [2.24, 2.45) is 11.3 Å². The van der Waals surface area contributed by atoms with Crippen molar-refractivity contribution in [1.29, 1.82) is 0 Å². The summed E-state index contributed by atoms with van der Waals surface area (Å²) >= 11 is 8.98. The van der Waals surface area contributed by atoms with E-state index in [4.69, 9.17) is 0 Å². The molecule has 1 aromatic rings. The van der Waals surface area contributed by atoms with E-state index in [0.29, 0.717) is 5.41 Å². The summed E-state index contributed by atoms with van der Waals surface area (Å²) in [4.78, 5) is 4.38. The van der Waals surface area contributed by atoms with Gasteiger partial charge in [0, 0.05) is 16.0 Å². The summed E-state index contributed by atoms with van der Waals surface area (Å²) in [6.45, 7) is 4.56. The number of hydrogen-bond acceptors (Lipinski definition) is 2. The number of aromatic nitrogens is 1. The summed E-state index contributed by atoms with van der Waals surface area (Å²) in [5.41, 5.74) is 3.44. The number of halogens is 2. The summed E-state index contributed by atoms with van der Waals surface area (Å²) < 4.78 is 0. The molecule has 0 aliphatic carbocycles. The van der Waals surface area contributed by atoms with Gasteiger partial charge in [-0.3, -0.25) is 0 Å². The van der Waals surface area contributed by atoms with Crippen LogP contribution < -0.4 is 0 Å². The van der Waals surface area contributed by atoms with E-state index in [0.717, 1.165) is 23.0 Å². The molecule has 0 N–H and O–H groups in total. The average Bonchev–Trinajstić information content (AvgIpc) is 2.68. The molecule has 0 aliphatic heterocycles. The second kappa shape index (κ2) is 6.36. The predicted octanol–water partition coefficient (Wildman–Crippen LogP) is 4.51. The Morgan fingerprint density at radius 2 is 2.07 bits per heavy atom. The van der Waals surface area contributed by atoms with Crippen LogP contribution in [0.25, 0.3) is 0 Å². The van der Waals surface area contributed by atoms with Gasteiger partial charge in [0.2, 0.25) is 0 Å². The van der Waals surface area contributed by atoms with Gasteiger partial charge in [0.25, 0.3) is 0 Å². The molecule has 0 amide bonds. The van der Waals surface area contributed by atoms with Gasteiger partial charge in [-0.2, -0.15) is 0 Å². The predicted molar refractivity (Wildman–Crippen MR) is 75.3 cm³/mol. The number of thiazole rings is 1. The van der Waals surface area contributed by atoms with E-state index in [1.165, 1.54) is 12.1 Å². The highest BCUT2D eigenvalue weighted by Gasteiger charge is 2.29. The Labute approximate surface area is 113 Å². The lowest BCUT2D eigenvalue weighted by atomic mass is 9.80. The zero-order chi connectivity index (χ0) is 11.3. The van der Waals surface area contributed by atoms with E-state index in [1.54, 1.807) is 11.3 Å². The van der Waals surface area contributed by atoms with E-state index >= 15 is 0 Å². The van der Waals surface area contributed by atoms with Crippen molar-refractivity contribution in [2.75, 3.05) is 10.7 Å². The highest BCUT2D eigenvalue weighted by atomic mass is 79.9. The van der Waals surface area contributed by atoms with Gasteiger partial charge < -0.3 is 0 Å². The van der Waals surface area contributed by atoms with Gasteiger partial charge in [-0.05, 0) is 24.2 Å². The first kappa shape index (κ1) is 13.7. The molecule has 1 aromatic heterocycles. The first-order valence-corrected chi connectivity index (χ1v) is 8.29. The molecule has 0 saturated heterocycles. The maximum atomic E-state index is 4.38. The molecular formula is C11H17Br2NS. The minimum absolute atomic E-state index is 0.308. The van der Waals surface area contributed by atoms with Crippen LogP contribution in [0, 0.1) is 11.3 Å². The highest BCUT2D eigenvalue weighted by Crippen LogP contribution is 2.34.